The van der Waals surface area contributed by atoms with Gasteiger partial charge in [0.2, 0.25) is 0 Å². The summed E-state index contributed by atoms with van der Waals surface area (Å²) in [6, 6.07) is 2.31. The Balaban J connectivity index is 1.97. The van der Waals surface area contributed by atoms with E-state index in [1.54, 1.807) is 12.5 Å². The zero-order valence-corrected chi connectivity index (χ0v) is 9.15. The molecule has 0 spiro atoms. The fourth-order valence-corrected chi connectivity index (χ4v) is 2.03. The molecule has 2 heterocycles. The largest absolute Gasteiger partial charge is 0.348 e. The maximum Gasteiger partial charge on any atom is 0.181 e. The number of likely N-dealkylation sites (tertiary alicyclic amines) is 1. The lowest BCUT2D eigenvalue weighted by Gasteiger charge is -2.31. The van der Waals surface area contributed by atoms with Crippen LogP contribution < -0.4 is 0 Å². The number of thiocarbonyl (C=S) groups is 1. The second-order valence-corrected chi connectivity index (χ2v) is 4.01. The molecule has 0 bridgehead atoms. The molecule has 0 unspecified atom stereocenters. The van der Waals surface area contributed by atoms with E-state index in [2.05, 4.69) is 16.0 Å². The molecule has 78 valence electrons. The highest BCUT2D eigenvalue weighted by Gasteiger charge is 2.20. The van der Waals surface area contributed by atoms with Gasteiger partial charge in [-0.2, -0.15) is 5.26 Å². The van der Waals surface area contributed by atoms with Gasteiger partial charge in [0.05, 0.1) is 6.07 Å². The molecule has 1 saturated heterocycles. The van der Waals surface area contributed by atoms with Crippen LogP contribution in [0.2, 0.25) is 0 Å². The minimum absolute atomic E-state index is 0.201. The number of nitriles is 1. The van der Waals surface area contributed by atoms with Crippen molar-refractivity contribution in [2.45, 2.75) is 12.8 Å². The van der Waals surface area contributed by atoms with E-state index < -0.39 is 0 Å². The van der Waals surface area contributed by atoms with E-state index in [-0.39, 0.29) is 5.92 Å². The van der Waals surface area contributed by atoms with Crippen molar-refractivity contribution in [3.05, 3.63) is 18.7 Å². The van der Waals surface area contributed by atoms with Gasteiger partial charge in [0, 0.05) is 31.4 Å². The molecule has 5 heteroatoms. The molecule has 1 fully saturated rings. The zero-order valence-electron chi connectivity index (χ0n) is 8.33. The van der Waals surface area contributed by atoms with E-state index in [1.807, 2.05) is 10.8 Å². The highest BCUT2D eigenvalue weighted by atomic mass is 32.1. The number of aromatic nitrogens is 2. The maximum atomic E-state index is 8.78. The molecule has 0 saturated carbocycles. The average molecular weight is 220 g/mol. The second kappa shape index (κ2) is 4.41. The van der Waals surface area contributed by atoms with Crippen molar-refractivity contribution < 1.29 is 0 Å². The monoisotopic (exact) mass is 220 g/mol. The van der Waals surface area contributed by atoms with Gasteiger partial charge in [0.15, 0.2) is 5.11 Å². The lowest BCUT2D eigenvalue weighted by atomic mass is 9.99. The number of hydrogen-bond acceptors (Lipinski definition) is 3. The SMILES string of the molecule is N#CC1CCN(C(=S)n2ccnc2)CC1. The van der Waals surface area contributed by atoms with E-state index in [0.717, 1.165) is 31.0 Å². The van der Waals surface area contributed by atoms with Crippen LogP contribution in [0.3, 0.4) is 0 Å². The van der Waals surface area contributed by atoms with Crippen LogP contribution in [0, 0.1) is 17.2 Å². The van der Waals surface area contributed by atoms with Gasteiger partial charge in [0.1, 0.15) is 6.33 Å². The predicted molar refractivity (Wildman–Crippen MR) is 60.1 cm³/mol. The molecule has 1 aromatic heterocycles. The molecule has 0 amide bonds. The van der Waals surface area contributed by atoms with Gasteiger partial charge < -0.3 is 4.90 Å². The van der Waals surface area contributed by atoms with Gasteiger partial charge in [0.25, 0.3) is 0 Å². The summed E-state index contributed by atoms with van der Waals surface area (Å²) in [5.41, 5.74) is 0. The minimum Gasteiger partial charge on any atom is -0.348 e. The predicted octanol–water partition coefficient (Wildman–Crippen LogP) is 1.25. The van der Waals surface area contributed by atoms with Crippen LogP contribution in [0.5, 0.6) is 0 Å². The van der Waals surface area contributed by atoms with Crippen molar-refractivity contribution in [3.8, 4) is 6.07 Å². The molecular formula is C10H12N4S. The van der Waals surface area contributed by atoms with E-state index in [1.165, 1.54) is 0 Å². The first-order chi connectivity index (χ1) is 7.31. The molecule has 0 atom stereocenters. The first-order valence-electron chi connectivity index (χ1n) is 4.98. The Kier molecular flexibility index (Phi) is 2.97. The molecule has 2 rings (SSSR count). The molecule has 1 aromatic rings. The van der Waals surface area contributed by atoms with E-state index in [0.29, 0.717) is 0 Å². The lowest BCUT2D eigenvalue weighted by Crippen LogP contribution is -2.40. The summed E-state index contributed by atoms with van der Waals surface area (Å²) < 4.78 is 1.84. The highest BCUT2D eigenvalue weighted by molar-refractivity contribution is 7.80. The summed E-state index contributed by atoms with van der Waals surface area (Å²) in [6.07, 6.45) is 7.09. The van der Waals surface area contributed by atoms with Gasteiger partial charge in [-0.05, 0) is 25.1 Å². The molecule has 1 aliphatic rings. The van der Waals surface area contributed by atoms with Crippen LogP contribution in [0.4, 0.5) is 0 Å². The molecule has 1 aliphatic heterocycles. The van der Waals surface area contributed by atoms with Crippen molar-refractivity contribution in [1.29, 1.82) is 5.26 Å². The summed E-state index contributed by atoms with van der Waals surface area (Å²) in [7, 11) is 0. The summed E-state index contributed by atoms with van der Waals surface area (Å²) >= 11 is 5.34. The standard InChI is InChI=1S/C10H12N4S/c11-7-9-1-4-13(5-2-9)10(15)14-6-3-12-8-14/h3,6,8-9H,1-2,4-5H2. The van der Waals surface area contributed by atoms with Crippen molar-refractivity contribution in [1.82, 2.24) is 14.5 Å². The third kappa shape index (κ3) is 2.16. The molecule has 4 nitrogen and oxygen atoms in total. The first-order valence-corrected chi connectivity index (χ1v) is 5.39. The zero-order chi connectivity index (χ0) is 10.7. The first kappa shape index (κ1) is 10.1. The Morgan fingerprint density at radius 3 is 2.73 bits per heavy atom. The van der Waals surface area contributed by atoms with Crippen molar-refractivity contribution in [2.24, 2.45) is 5.92 Å². The number of hydrogen-bond donors (Lipinski definition) is 0. The van der Waals surface area contributed by atoms with Gasteiger partial charge in [-0.15, -0.1) is 0 Å². The summed E-state index contributed by atoms with van der Waals surface area (Å²) in [5.74, 6) is 0.201. The minimum atomic E-state index is 0.201. The Labute approximate surface area is 94.1 Å². The number of rotatable bonds is 0. The van der Waals surface area contributed by atoms with E-state index >= 15 is 0 Å². The fourth-order valence-electron chi connectivity index (χ4n) is 1.74. The van der Waals surface area contributed by atoms with Crippen molar-refractivity contribution in [2.75, 3.05) is 13.1 Å². The van der Waals surface area contributed by atoms with Crippen molar-refractivity contribution in [3.63, 3.8) is 0 Å². The number of piperidine rings is 1. The summed E-state index contributed by atoms with van der Waals surface area (Å²) in [5, 5.41) is 9.56. The number of imidazole rings is 1. The van der Waals surface area contributed by atoms with Crippen LogP contribution in [0.1, 0.15) is 12.8 Å². The third-order valence-electron chi connectivity index (χ3n) is 2.67. The average Bonchev–Trinajstić information content (AvgIpc) is 2.82. The van der Waals surface area contributed by atoms with Gasteiger partial charge >= 0.3 is 0 Å². The lowest BCUT2D eigenvalue weighted by molar-refractivity contribution is 0.301. The normalized spacial score (nSPS) is 17.4. The van der Waals surface area contributed by atoms with Gasteiger partial charge in [-0.25, -0.2) is 4.98 Å². The summed E-state index contributed by atoms with van der Waals surface area (Å²) in [6.45, 7) is 1.74. The molecule has 0 N–H and O–H groups in total. The number of nitrogens with zero attached hydrogens (tertiary/aromatic N) is 4. The molecule has 0 aromatic carbocycles. The van der Waals surface area contributed by atoms with Gasteiger partial charge in [-0.3, -0.25) is 4.57 Å². The molecule has 0 aliphatic carbocycles. The maximum absolute atomic E-state index is 8.78. The van der Waals surface area contributed by atoms with Crippen LogP contribution >= 0.6 is 12.2 Å². The van der Waals surface area contributed by atoms with E-state index in [4.69, 9.17) is 17.5 Å². The molecule has 15 heavy (non-hydrogen) atoms. The van der Waals surface area contributed by atoms with Crippen LogP contribution in [-0.4, -0.2) is 32.7 Å². The smallest absolute Gasteiger partial charge is 0.181 e. The van der Waals surface area contributed by atoms with Crippen molar-refractivity contribution >= 4 is 17.3 Å². The Bertz CT molecular complexity index is 371. The van der Waals surface area contributed by atoms with Crippen LogP contribution in [0.15, 0.2) is 18.7 Å². The molecular weight excluding hydrogens is 208 g/mol. The van der Waals surface area contributed by atoms with E-state index in [9.17, 15) is 0 Å². The fraction of sp³-hybridized carbons (Fsp3) is 0.500. The van der Waals surface area contributed by atoms with Gasteiger partial charge in [-0.1, -0.05) is 0 Å². The Morgan fingerprint density at radius 2 is 2.20 bits per heavy atom. The topological polar surface area (TPSA) is 44.9 Å². The highest BCUT2D eigenvalue weighted by Crippen LogP contribution is 2.16. The summed E-state index contributed by atoms with van der Waals surface area (Å²) in [4.78, 5) is 6.10. The third-order valence-corrected chi connectivity index (χ3v) is 3.14. The van der Waals surface area contributed by atoms with Crippen LogP contribution in [0.25, 0.3) is 0 Å². The quantitative estimate of drug-likeness (QED) is 0.617. The Hall–Kier alpha value is -1.41. The Morgan fingerprint density at radius 1 is 1.47 bits per heavy atom. The molecule has 0 radical (unpaired) electrons. The second-order valence-electron chi connectivity index (χ2n) is 3.64. The van der Waals surface area contributed by atoms with Crippen LogP contribution in [-0.2, 0) is 0 Å².